The first-order valence-corrected chi connectivity index (χ1v) is 10.3. The Morgan fingerprint density at radius 3 is 2.37 bits per heavy atom. The molecular weight excluding hydrogens is 402 g/mol. The van der Waals surface area contributed by atoms with E-state index >= 15 is 0 Å². The van der Waals surface area contributed by atoms with Crippen molar-refractivity contribution in [2.75, 3.05) is 5.32 Å². The Balaban J connectivity index is 0.00000320. The maximum atomic E-state index is 12.5. The van der Waals surface area contributed by atoms with E-state index in [0.29, 0.717) is 5.92 Å². The van der Waals surface area contributed by atoms with Crippen molar-refractivity contribution in [2.24, 2.45) is 11.8 Å². The van der Waals surface area contributed by atoms with Crippen LogP contribution in [-0.4, -0.2) is 23.0 Å². The minimum atomic E-state index is -0.377. The predicted molar refractivity (Wildman–Crippen MR) is 119 cm³/mol. The van der Waals surface area contributed by atoms with Crippen LogP contribution in [0, 0.1) is 11.8 Å². The van der Waals surface area contributed by atoms with Crippen molar-refractivity contribution < 1.29 is 14.3 Å². The quantitative estimate of drug-likeness (QED) is 0.649. The van der Waals surface area contributed by atoms with Gasteiger partial charge in [-0.15, -0.1) is 12.4 Å². The van der Waals surface area contributed by atoms with Crippen molar-refractivity contribution in [3.05, 3.63) is 60.4 Å². The van der Waals surface area contributed by atoms with Crippen molar-refractivity contribution in [1.82, 2.24) is 10.3 Å². The smallest absolute Gasteiger partial charge is 0.407 e. The van der Waals surface area contributed by atoms with E-state index in [0.717, 1.165) is 43.4 Å². The highest BCUT2D eigenvalue weighted by Gasteiger charge is 2.31. The number of hydrogen-bond acceptors (Lipinski definition) is 4. The molecule has 6 nitrogen and oxygen atoms in total. The highest BCUT2D eigenvalue weighted by molar-refractivity contribution is 5.92. The van der Waals surface area contributed by atoms with Gasteiger partial charge >= 0.3 is 6.09 Å². The van der Waals surface area contributed by atoms with Crippen LogP contribution in [0.5, 0.6) is 0 Å². The molecule has 1 aromatic heterocycles. The zero-order valence-electron chi connectivity index (χ0n) is 17.3. The number of pyridine rings is 1. The van der Waals surface area contributed by atoms with Crippen molar-refractivity contribution in [1.29, 1.82) is 0 Å². The highest BCUT2D eigenvalue weighted by Crippen LogP contribution is 2.32. The highest BCUT2D eigenvalue weighted by atomic mass is 35.5. The van der Waals surface area contributed by atoms with Crippen molar-refractivity contribution in [3.8, 4) is 0 Å². The molecule has 3 rings (SSSR count). The molecule has 1 saturated carbocycles. The normalized spacial score (nSPS) is 19.1. The van der Waals surface area contributed by atoms with E-state index < -0.39 is 0 Å². The molecule has 0 spiro atoms. The topological polar surface area (TPSA) is 80.3 Å². The molecule has 1 unspecified atom stereocenters. The third-order valence-electron chi connectivity index (χ3n) is 5.62. The van der Waals surface area contributed by atoms with Crippen molar-refractivity contribution in [2.45, 2.75) is 51.7 Å². The fourth-order valence-electron chi connectivity index (χ4n) is 3.93. The molecule has 30 heavy (non-hydrogen) atoms. The Morgan fingerprint density at radius 2 is 1.73 bits per heavy atom. The van der Waals surface area contributed by atoms with Gasteiger partial charge in [0.1, 0.15) is 6.61 Å². The van der Waals surface area contributed by atoms with Crippen LogP contribution in [0.3, 0.4) is 0 Å². The summed E-state index contributed by atoms with van der Waals surface area (Å²) in [6.45, 7) is 2.34. The van der Waals surface area contributed by atoms with Gasteiger partial charge in [-0.3, -0.25) is 9.78 Å². The number of amides is 2. The Morgan fingerprint density at radius 1 is 1.07 bits per heavy atom. The monoisotopic (exact) mass is 431 g/mol. The second kappa shape index (κ2) is 12.2. The van der Waals surface area contributed by atoms with Crippen molar-refractivity contribution in [3.63, 3.8) is 0 Å². The maximum Gasteiger partial charge on any atom is 0.407 e. The van der Waals surface area contributed by atoms with Gasteiger partial charge in [0.25, 0.3) is 0 Å². The Kier molecular flexibility index (Phi) is 9.61. The van der Waals surface area contributed by atoms with Crippen LogP contribution < -0.4 is 10.6 Å². The molecule has 2 amide bonds. The van der Waals surface area contributed by atoms with Crippen LogP contribution in [0.2, 0.25) is 0 Å². The summed E-state index contributed by atoms with van der Waals surface area (Å²) >= 11 is 0. The van der Waals surface area contributed by atoms with E-state index in [-0.39, 0.29) is 43.0 Å². The molecule has 0 saturated heterocycles. The lowest BCUT2D eigenvalue weighted by Crippen LogP contribution is -2.42. The van der Waals surface area contributed by atoms with Crippen LogP contribution in [0.4, 0.5) is 10.5 Å². The number of carbonyl (C=O) groups excluding carboxylic acids is 2. The zero-order valence-corrected chi connectivity index (χ0v) is 18.1. The van der Waals surface area contributed by atoms with Crippen LogP contribution in [0.1, 0.15) is 44.6 Å². The molecule has 1 aliphatic carbocycles. The third-order valence-corrected chi connectivity index (χ3v) is 5.62. The van der Waals surface area contributed by atoms with Crippen molar-refractivity contribution >= 4 is 30.1 Å². The number of carbonyl (C=O) groups is 2. The molecule has 162 valence electrons. The van der Waals surface area contributed by atoms with E-state index in [1.807, 2.05) is 30.3 Å². The molecule has 0 radical (unpaired) electrons. The number of ether oxygens (including phenoxy) is 1. The van der Waals surface area contributed by atoms with Gasteiger partial charge in [-0.2, -0.15) is 0 Å². The average molecular weight is 432 g/mol. The molecular formula is C23H30ClN3O3. The fourth-order valence-corrected chi connectivity index (χ4v) is 3.93. The lowest BCUT2D eigenvalue weighted by Gasteiger charge is -2.33. The van der Waals surface area contributed by atoms with Gasteiger partial charge < -0.3 is 15.4 Å². The van der Waals surface area contributed by atoms with Gasteiger partial charge in [0.05, 0.1) is 0 Å². The summed E-state index contributed by atoms with van der Waals surface area (Å²) in [5, 5.41) is 5.99. The number of nitrogens with zero attached hydrogens (tertiary/aromatic N) is 1. The molecule has 2 aromatic rings. The fraction of sp³-hybridized carbons (Fsp3) is 0.435. The molecule has 1 aromatic carbocycles. The van der Waals surface area contributed by atoms with E-state index in [1.165, 1.54) is 0 Å². The SMILES string of the molecule is CCC(NC(=O)OCc1ccccc1)[C@H]1CC[C@H](C(=O)Nc2ccncc2)CC1.Cl. The van der Waals surface area contributed by atoms with Gasteiger partial charge in [-0.1, -0.05) is 37.3 Å². The number of benzene rings is 1. The van der Waals surface area contributed by atoms with E-state index in [2.05, 4.69) is 22.5 Å². The summed E-state index contributed by atoms with van der Waals surface area (Å²) in [4.78, 5) is 28.7. The van der Waals surface area contributed by atoms with Gasteiger partial charge in [0.2, 0.25) is 5.91 Å². The van der Waals surface area contributed by atoms with E-state index in [4.69, 9.17) is 4.74 Å². The molecule has 0 bridgehead atoms. The third kappa shape index (κ3) is 7.02. The summed E-state index contributed by atoms with van der Waals surface area (Å²) in [5.41, 5.74) is 1.75. The molecule has 1 atom stereocenters. The lowest BCUT2D eigenvalue weighted by atomic mass is 9.77. The molecule has 7 heteroatoms. The number of alkyl carbamates (subject to hydrolysis) is 1. The largest absolute Gasteiger partial charge is 0.445 e. The Bertz CT molecular complexity index is 781. The van der Waals surface area contributed by atoms with Gasteiger partial charge in [-0.05, 0) is 55.7 Å². The summed E-state index contributed by atoms with van der Waals surface area (Å²) in [6.07, 6.45) is 7.31. The molecule has 1 fully saturated rings. The van der Waals surface area contributed by atoms with Crippen LogP contribution in [-0.2, 0) is 16.1 Å². The number of rotatable bonds is 7. The minimum Gasteiger partial charge on any atom is -0.445 e. The van der Waals surface area contributed by atoms with Crippen LogP contribution in [0.25, 0.3) is 0 Å². The first kappa shape index (κ1) is 23.7. The summed E-state index contributed by atoms with van der Waals surface area (Å²) in [5.74, 6) is 0.453. The Hall–Kier alpha value is -2.60. The summed E-state index contributed by atoms with van der Waals surface area (Å²) in [6, 6.07) is 13.3. The maximum absolute atomic E-state index is 12.5. The molecule has 1 heterocycles. The zero-order chi connectivity index (χ0) is 20.5. The standard InChI is InChI=1S/C23H29N3O3.ClH/c1-2-21(26-23(28)29-16-17-6-4-3-5-7-17)18-8-10-19(11-9-18)22(27)25-20-12-14-24-15-13-20;/h3-7,12-15,18-19,21H,2,8-11,16H2,1H3,(H,26,28)(H,24,25,27);1H/t18-,19-,21?;. The number of anilines is 1. The molecule has 2 N–H and O–H groups in total. The van der Waals surface area contributed by atoms with Gasteiger partial charge in [-0.25, -0.2) is 4.79 Å². The average Bonchev–Trinajstić information content (AvgIpc) is 2.77. The van der Waals surface area contributed by atoms with Crippen LogP contribution >= 0.6 is 12.4 Å². The van der Waals surface area contributed by atoms with E-state index in [1.54, 1.807) is 24.5 Å². The Labute approximate surface area is 184 Å². The summed E-state index contributed by atoms with van der Waals surface area (Å²) < 4.78 is 5.36. The second-order valence-corrected chi connectivity index (χ2v) is 7.56. The number of halogens is 1. The first-order valence-electron chi connectivity index (χ1n) is 10.3. The van der Waals surface area contributed by atoms with Crippen LogP contribution in [0.15, 0.2) is 54.9 Å². The van der Waals surface area contributed by atoms with Gasteiger partial charge in [0, 0.05) is 30.0 Å². The lowest BCUT2D eigenvalue weighted by molar-refractivity contribution is -0.121. The number of nitrogens with one attached hydrogen (secondary N) is 2. The van der Waals surface area contributed by atoms with E-state index in [9.17, 15) is 9.59 Å². The minimum absolute atomic E-state index is 0. The molecule has 1 aliphatic rings. The predicted octanol–water partition coefficient (Wildman–Crippen LogP) is 4.95. The number of hydrogen-bond donors (Lipinski definition) is 2. The first-order chi connectivity index (χ1) is 14.2. The van der Waals surface area contributed by atoms with Gasteiger partial charge in [0.15, 0.2) is 0 Å². The number of aromatic nitrogens is 1. The second-order valence-electron chi connectivity index (χ2n) is 7.56. The summed E-state index contributed by atoms with van der Waals surface area (Å²) in [7, 11) is 0. The molecule has 0 aliphatic heterocycles.